The number of rotatable bonds is 4. The van der Waals surface area contributed by atoms with Crippen LogP contribution in [0, 0.1) is 0 Å². The molecule has 3 rings (SSSR count). The van der Waals surface area contributed by atoms with Crippen molar-refractivity contribution in [3.8, 4) is 0 Å². The average Bonchev–Trinajstić information content (AvgIpc) is 2.99. The van der Waals surface area contributed by atoms with Gasteiger partial charge in [-0.25, -0.2) is 0 Å². The van der Waals surface area contributed by atoms with E-state index >= 15 is 0 Å². The molecule has 1 aromatic carbocycles. The lowest BCUT2D eigenvalue weighted by Crippen LogP contribution is -2.46. The van der Waals surface area contributed by atoms with Crippen molar-refractivity contribution in [1.82, 2.24) is 0 Å². The van der Waals surface area contributed by atoms with Crippen LogP contribution < -0.4 is 4.90 Å². The van der Waals surface area contributed by atoms with E-state index in [-0.39, 0.29) is 6.23 Å². The lowest BCUT2D eigenvalue weighted by Gasteiger charge is -2.38. The maximum absolute atomic E-state index is 5.55. The van der Waals surface area contributed by atoms with Crippen LogP contribution in [0.15, 0.2) is 30.3 Å². The number of benzene rings is 1. The standard InChI is InChI=1S/C12H15NO2/c1-2-4-10(5-3-1)13(8-11-9-15-11)12-6-7-14-12/h1-5,11-12H,6-9H2. The minimum absolute atomic E-state index is 0.261. The molecule has 2 aliphatic heterocycles. The molecule has 0 N–H and O–H groups in total. The first-order valence-corrected chi connectivity index (χ1v) is 5.48. The Hall–Kier alpha value is -1.06. The van der Waals surface area contributed by atoms with Gasteiger partial charge in [0.1, 0.15) is 6.23 Å². The number of hydrogen-bond acceptors (Lipinski definition) is 3. The molecule has 15 heavy (non-hydrogen) atoms. The summed E-state index contributed by atoms with van der Waals surface area (Å²) in [5.41, 5.74) is 1.23. The van der Waals surface area contributed by atoms with Gasteiger partial charge in [-0.3, -0.25) is 0 Å². The van der Waals surface area contributed by atoms with E-state index < -0.39 is 0 Å². The molecule has 2 heterocycles. The quantitative estimate of drug-likeness (QED) is 0.699. The monoisotopic (exact) mass is 205 g/mol. The third-order valence-electron chi connectivity index (χ3n) is 2.91. The highest BCUT2D eigenvalue weighted by molar-refractivity contribution is 5.47. The number of ether oxygens (including phenoxy) is 2. The van der Waals surface area contributed by atoms with Gasteiger partial charge in [-0.1, -0.05) is 18.2 Å². The summed E-state index contributed by atoms with van der Waals surface area (Å²) in [6.45, 7) is 2.74. The molecule has 3 heteroatoms. The predicted octanol–water partition coefficient (Wildman–Crippen LogP) is 1.64. The fourth-order valence-corrected chi connectivity index (χ4v) is 1.87. The van der Waals surface area contributed by atoms with E-state index in [1.54, 1.807) is 0 Å². The van der Waals surface area contributed by atoms with E-state index in [4.69, 9.17) is 9.47 Å². The fourth-order valence-electron chi connectivity index (χ4n) is 1.87. The van der Waals surface area contributed by atoms with Crippen molar-refractivity contribution in [3.63, 3.8) is 0 Å². The van der Waals surface area contributed by atoms with Gasteiger partial charge in [0.15, 0.2) is 0 Å². The first-order valence-electron chi connectivity index (χ1n) is 5.48. The summed E-state index contributed by atoms with van der Waals surface area (Å²) >= 11 is 0. The van der Waals surface area contributed by atoms with Crippen LogP contribution in [0.1, 0.15) is 6.42 Å². The Morgan fingerprint density at radius 1 is 1.20 bits per heavy atom. The summed E-state index contributed by atoms with van der Waals surface area (Å²) in [6, 6.07) is 10.4. The molecule has 0 spiro atoms. The van der Waals surface area contributed by atoms with Gasteiger partial charge in [-0.2, -0.15) is 0 Å². The van der Waals surface area contributed by atoms with Gasteiger partial charge in [-0.15, -0.1) is 0 Å². The number of para-hydroxylation sites is 1. The normalized spacial score (nSPS) is 28.3. The van der Waals surface area contributed by atoms with Crippen LogP contribution in [0.4, 0.5) is 5.69 Å². The number of anilines is 1. The lowest BCUT2D eigenvalue weighted by atomic mass is 10.2. The fraction of sp³-hybridized carbons (Fsp3) is 0.500. The lowest BCUT2D eigenvalue weighted by molar-refractivity contribution is -0.0516. The summed E-state index contributed by atoms with van der Waals surface area (Å²) in [4.78, 5) is 2.31. The van der Waals surface area contributed by atoms with Gasteiger partial charge in [0.2, 0.25) is 0 Å². The maximum Gasteiger partial charge on any atom is 0.132 e. The summed E-state index contributed by atoms with van der Waals surface area (Å²) < 4.78 is 10.8. The molecule has 0 aromatic heterocycles. The van der Waals surface area contributed by atoms with Crippen LogP contribution in [0.5, 0.6) is 0 Å². The highest BCUT2D eigenvalue weighted by Crippen LogP contribution is 2.26. The van der Waals surface area contributed by atoms with E-state index in [2.05, 4.69) is 29.2 Å². The molecule has 0 bridgehead atoms. The van der Waals surface area contributed by atoms with Gasteiger partial charge in [0.05, 0.1) is 19.3 Å². The second kappa shape index (κ2) is 3.83. The van der Waals surface area contributed by atoms with Gasteiger partial charge in [-0.05, 0) is 12.1 Å². The Morgan fingerprint density at radius 2 is 1.93 bits per heavy atom. The van der Waals surface area contributed by atoms with Crippen LogP contribution in [0.2, 0.25) is 0 Å². The number of hydrogen-bond donors (Lipinski definition) is 0. The molecule has 80 valence electrons. The van der Waals surface area contributed by atoms with Crippen LogP contribution in [-0.2, 0) is 9.47 Å². The minimum Gasteiger partial charge on any atom is -0.371 e. The Labute approximate surface area is 89.6 Å². The summed E-state index contributed by atoms with van der Waals surface area (Å²) in [5.74, 6) is 0. The molecule has 1 aromatic rings. The summed E-state index contributed by atoms with van der Waals surface area (Å²) in [7, 11) is 0. The first-order chi connectivity index (χ1) is 7.43. The van der Waals surface area contributed by atoms with Gasteiger partial charge >= 0.3 is 0 Å². The molecule has 2 unspecified atom stereocenters. The summed E-state index contributed by atoms with van der Waals surface area (Å²) in [6.07, 6.45) is 1.80. The second-order valence-electron chi connectivity index (χ2n) is 4.06. The zero-order valence-corrected chi connectivity index (χ0v) is 8.63. The van der Waals surface area contributed by atoms with Crippen molar-refractivity contribution >= 4 is 5.69 Å². The largest absolute Gasteiger partial charge is 0.371 e. The van der Waals surface area contributed by atoms with Crippen LogP contribution in [0.25, 0.3) is 0 Å². The van der Waals surface area contributed by atoms with E-state index in [0.29, 0.717) is 6.10 Å². The molecule has 0 amide bonds. The van der Waals surface area contributed by atoms with Crippen LogP contribution >= 0.6 is 0 Å². The second-order valence-corrected chi connectivity index (χ2v) is 4.06. The highest BCUT2D eigenvalue weighted by atomic mass is 16.6. The smallest absolute Gasteiger partial charge is 0.132 e. The van der Waals surface area contributed by atoms with Crippen molar-refractivity contribution in [2.45, 2.75) is 18.8 Å². The van der Waals surface area contributed by atoms with Crippen LogP contribution in [-0.4, -0.2) is 32.1 Å². The zero-order chi connectivity index (χ0) is 10.1. The molecule has 2 saturated heterocycles. The first kappa shape index (κ1) is 9.19. The van der Waals surface area contributed by atoms with Crippen molar-refractivity contribution in [3.05, 3.63) is 30.3 Å². The van der Waals surface area contributed by atoms with Gasteiger partial charge in [0.25, 0.3) is 0 Å². The number of nitrogens with zero attached hydrogens (tertiary/aromatic N) is 1. The van der Waals surface area contributed by atoms with Crippen LogP contribution in [0.3, 0.4) is 0 Å². The molecule has 3 nitrogen and oxygen atoms in total. The Kier molecular flexibility index (Phi) is 2.35. The Bertz CT molecular complexity index is 320. The molecule has 0 aliphatic carbocycles. The van der Waals surface area contributed by atoms with Gasteiger partial charge in [0, 0.05) is 18.7 Å². The molecule has 0 radical (unpaired) electrons. The molecule has 2 atom stereocenters. The molecule has 2 aliphatic rings. The third-order valence-corrected chi connectivity index (χ3v) is 2.91. The minimum atomic E-state index is 0.261. The maximum atomic E-state index is 5.55. The van der Waals surface area contributed by atoms with Crippen molar-refractivity contribution < 1.29 is 9.47 Å². The van der Waals surface area contributed by atoms with Crippen molar-refractivity contribution in [2.75, 3.05) is 24.7 Å². The molecule has 2 fully saturated rings. The van der Waals surface area contributed by atoms with Gasteiger partial charge < -0.3 is 14.4 Å². The third kappa shape index (κ3) is 1.98. The molecular weight excluding hydrogens is 190 g/mol. The average molecular weight is 205 g/mol. The van der Waals surface area contributed by atoms with Crippen molar-refractivity contribution in [1.29, 1.82) is 0 Å². The number of epoxide rings is 1. The van der Waals surface area contributed by atoms with Crippen molar-refractivity contribution in [2.24, 2.45) is 0 Å². The van der Waals surface area contributed by atoms with E-state index in [1.165, 1.54) is 5.69 Å². The summed E-state index contributed by atoms with van der Waals surface area (Å²) in [5, 5.41) is 0. The predicted molar refractivity (Wildman–Crippen MR) is 57.9 cm³/mol. The van der Waals surface area contributed by atoms with E-state index in [0.717, 1.165) is 26.2 Å². The Balaban J connectivity index is 1.75. The SMILES string of the molecule is c1ccc(N(CC2CO2)C2CCO2)cc1. The topological polar surface area (TPSA) is 25.0 Å². The molecular formula is C12H15NO2. The Morgan fingerprint density at radius 3 is 2.47 bits per heavy atom. The molecule has 0 saturated carbocycles. The van der Waals surface area contributed by atoms with E-state index in [9.17, 15) is 0 Å². The highest BCUT2D eigenvalue weighted by Gasteiger charge is 2.32. The zero-order valence-electron chi connectivity index (χ0n) is 8.63. The van der Waals surface area contributed by atoms with E-state index in [1.807, 2.05) is 6.07 Å².